The van der Waals surface area contributed by atoms with Crippen molar-refractivity contribution in [2.45, 2.75) is 83.7 Å². The number of nitrogens with zero attached hydrogens (tertiary/aromatic N) is 5. The SMILES string of the molecule is CCOC(=O)c1cc(-c2ccc(N(C)C3CCOCC3)nc2)c2c(C(C)C)nn(C3CCCCC3)c2n1. The average Bonchev–Trinajstić information content (AvgIpc) is 3.33. The van der Waals surface area contributed by atoms with E-state index in [0.717, 1.165) is 72.6 Å². The van der Waals surface area contributed by atoms with Crippen LogP contribution < -0.4 is 4.90 Å². The van der Waals surface area contributed by atoms with Gasteiger partial charge >= 0.3 is 5.97 Å². The molecule has 1 saturated heterocycles. The largest absolute Gasteiger partial charge is 0.461 e. The first-order valence-electron chi connectivity index (χ1n) is 13.8. The predicted molar refractivity (Wildman–Crippen MR) is 145 cm³/mol. The average molecular weight is 506 g/mol. The van der Waals surface area contributed by atoms with E-state index in [2.05, 4.69) is 42.6 Å². The number of carbonyl (C=O) groups excluding carboxylic acids is 1. The highest BCUT2D eigenvalue weighted by Crippen LogP contribution is 2.38. The van der Waals surface area contributed by atoms with Crippen LogP contribution in [0.1, 0.15) is 93.9 Å². The Bertz CT molecular complexity index is 1220. The molecule has 8 nitrogen and oxygen atoms in total. The number of hydrogen-bond acceptors (Lipinski definition) is 7. The number of esters is 1. The number of ether oxygens (including phenoxy) is 2. The maximum atomic E-state index is 12.9. The van der Waals surface area contributed by atoms with Gasteiger partial charge in [0.15, 0.2) is 11.3 Å². The molecule has 0 amide bonds. The Kier molecular flexibility index (Phi) is 7.74. The minimum atomic E-state index is -0.406. The summed E-state index contributed by atoms with van der Waals surface area (Å²) in [5, 5.41) is 6.13. The lowest BCUT2D eigenvalue weighted by Crippen LogP contribution is -2.37. The first-order chi connectivity index (χ1) is 18.0. The van der Waals surface area contributed by atoms with E-state index in [-0.39, 0.29) is 5.92 Å². The summed E-state index contributed by atoms with van der Waals surface area (Å²) in [6.07, 6.45) is 9.75. The van der Waals surface area contributed by atoms with Crippen molar-refractivity contribution >= 4 is 22.8 Å². The van der Waals surface area contributed by atoms with Crippen LogP contribution in [0.15, 0.2) is 24.4 Å². The summed E-state index contributed by atoms with van der Waals surface area (Å²) in [4.78, 5) is 24.8. The first kappa shape index (κ1) is 25.6. The number of rotatable bonds is 7. The lowest BCUT2D eigenvalue weighted by Gasteiger charge is -2.32. The number of aromatic nitrogens is 4. The third kappa shape index (κ3) is 5.21. The van der Waals surface area contributed by atoms with E-state index in [1.165, 1.54) is 19.3 Å². The molecule has 1 aliphatic carbocycles. The topological polar surface area (TPSA) is 82.4 Å². The van der Waals surface area contributed by atoms with Gasteiger partial charge in [0.05, 0.1) is 23.7 Å². The van der Waals surface area contributed by atoms with Gasteiger partial charge in [-0.2, -0.15) is 5.10 Å². The zero-order valence-electron chi connectivity index (χ0n) is 22.6. The van der Waals surface area contributed by atoms with E-state index in [1.54, 1.807) is 0 Å². The van der Waals surface area contributed by atoms with E-state index >= 15 is 0 Å². The fourth-order valence-electron chi connectivity index (χ4n) is 5.70. The Morgan fingerprint density at radius 3 is 2.57 bits per heavy atom. The first-order valence-corrected chi connectivity index (χ1v) is 13.8. The van der Waals surface area contributed by atoms with Gasteiger partial charge in [-0.15, -0.1) is 0 Å². The summed E-state index contributed by atoms with van der Waals surface area (Å²) in [7, 11) is 2.10. The smallest absolute Gasteiger partial charge is 0.357 e. The van der Waals surface area contributed by atoms with Crippen LogP contribution in [-0.2, 0) is 9.47 Å². The van der Waals surface area contributed by atoms with Crippen LogP contribution in [0.25, 0.3) is 22.2 Å². The Labute approximate surface area is 219 Å². The summed E-state index contributed by atoms with van der Waals surface area (Å²) in [5.74, 6) is 0.749. The summed E-state index contributed by atoms with van der Waals surface area (Å²) in [6.45, 7) is 8.05. The van der Waals surface area contributed by atoms with Crippen LogP contribution in [0, 0.1) is 0 Å². The molecule has 0 N–H and O–H groups in total. The standard InChI is InChI=1S/C29H39N5O3/c1-5-37-29(35)24-17-23(20-11-12-25(30-18-20)33(4)21-13-15-36-16-14-21)26-27(19(2)3)32-34(28(26)31-24)22-9-7-6-8-10-22/h11-12,17-19,21-22H,5-10,13-16H2,1-4H3. The molecule has 0 aromatic carbocycles. The summed E-state index contributed by atoms with van der Waals surface area (Å²) >= 11 is 0. The van der Waals surface area contributed by atoms with E-state index in [9.17, 15) is 4.79 Å². The van der Waals surface area contributed by atoms with Gasteiger partial charge in [0, 0.05) is 38.1 Å². The van der Waals surface area contributed by atoms with Crippen LogP contribution >= 0.6 is 0 Å². The highest BCUT2D eigenvalue weighted by molar-refractivity contribution is 6.00. The molecular weight excluding hydrogens is 466 g/mol. The lowest BCUT2D eigenvalue weighted by molar-refractivity contribution is 0.0520. The molecule has 0 atom stereocenters. The van der Waals surface area contributed by atoms with Gasteiger partial charge in [0.1, 0.15) is 5.82 Å². The molecule has 3 aromatic heterocycles. The van der Waals surface area contributed by atoms with Gasteiger partial charge in [-0.25, -0.2) is 19.4 Å². The normalized spacial score (nSPS) is 17.4. The van der Waals surface area contributed by atoms with Crippen LogP contribution in [-0.4, -0.2) is 58.6 Å². The molecule has 8 heteroatoms. The second kappa shape index (κ2) is 11.2. The molecule has 0 bridgehead atoms. The van der Waals surface area contributed by atoms with E-state index in [0.29, 0.717) is 24.4 Å². The zero-order chi connectivity index (χ0) is 25.9. The number of pyridine rings is 2. The fraction of sp³-hybridized carbons (Fsp3) is 0.586. The molecule has 1 saturated carbocycles. The molecule has 4 heterocycles. The Morgan fingerprint density at radius 1 is 1.16 bits per heavy atom. The minimum Gasteiger partial charge on any atom is -0.461 e. The highest BCUT2D eigenvalue weighted by Gasteiger charge is 2.27. The number of fused-ring (bicyclic) bond motifs is 1. The Morgan fingerprint density at radius 2 is 1.92 bits per heavy atom. The summed E-state index contributed by atoms with van der Waals surface area (Å²) in [5.41, 5.74) is 4.00. The van der Waals surface area contributed by atoms with Gasteiger partial charge in [0.25, 0.3) is 0 Å². The molecule has 198 valence electrons. The van der Waals surface area contributed by atoms with E-state index < -0.39 is 5.97 Å². The third-order valence-electron chi connectivity index (χ3n) is 7.80. The van der Waals surface area contributed by atoms with Gasteiger partial charge in [-0.3, -0.25) is 0 Å². The number of carbonyl (C=O) groups is 1. The maximum absolute atomic E-state index is 12.9. The van der Waals surface area contributed by atoms with Crippen LogP contribution in [0.2, 0.25) is 0 Å². The van der Waals surface area contributed by atoms with Gasteiger partial charge in [-0.05, 0) is 62.3 Å². The molecule has 5 rings (SSSR count). The minimum absolute atomic E-state index is 0.216. The molecule has 37 heavy (non-hydrogen) atoms. The predicted octanol–water partition coefficient (Wildman–Crippen LogP) is 5.91. The van der Waals surface area contributed by atoms with Gasteiger partial charge < -0.3 is 14.4 Å². The van der Waals surface area contributed by atoms with E-state index in [4.69, 9.17) is 24.5 Å². The molecule has 0 spiro atoms. The number of anilines is 1. The van der Waals surface area contributed by atoms with Crippen molar-refractivity contribution < 1.29 is 14.3 Å². The van der Waals surface area contributed by atoms with Crippen molar-refractivity contribution in [3.05, 3.63) is 35.8 Å². The zero-order valence-corrected chi connectivity index (χ0v) is 22.6. The maximum Gasteiger partial charge on any atom is 0.357 e. The summed E-state index contributed by atoms with van der Waals surface area (Å²) < 4.78 is 13.0. The molecule has 3 aromatic rings. The van der Waals surface area contributed by atoms with Crippen molar-refractivity contribution in [3.8, 4) is 11.1 Å². The third-order valence-corrected chi connectivity index (χ3v) is 7.80. The highest BCUT2D eigenvalue weighted by atomic mass is 16.5. The van der Waals surface area contributed by atoms with Crippen molar-refractivity contribution in [1.29, 1.82) is 0 Å². The van der Waals surface area contributed by atoms with Gasteiger partial charge in [-0.1, -0.05) is 33.1 Å². The van der Waals surface area contributed by atoms with Crippen LogP contribution in [0.4, 0.5) is 5.82 Å². The van der Waals surface area contributed by atoms with E-state index in [1.807, 2.05) is 19.2 Å². The second-order valence-corrected chi connectivity index (χ2v) is 10.6. The van der Waals surface area contributed by atoms with Crippen molar-refractivity contribution in [1.82, 2.24) is 19.7 Å². The Balaban J connectivity index is 1.62. The lowest BCUT2D eigenvalue weighted by atomic mass is 9.95. The molecule has 2 aliphatic rings. The van der Waals surface area contributed by atoms with Crippen molar-refractivity contribution in [3.63, 3.8) is 0 Å². The molecule has 1 aliphatic heterocycles. The summed E-state index contributed by atoms with van der Waals surface area (Å²) in [6, 6.07) is 6.76. The van der Waals surface area contributed by atoms with Gasteiger partial charge in [0.2, 0.25) is 0 Å². The quantitative estimate of drug-likeness (QED) is 0.369. The monoisotopic (exact) mass is 505 g/mol. The fourth-order valence-corrected chi connectivity index (χ4v) is 5.70. The van der Waals surface area contributed by atoms with Crippen molar-refractivity contribution in [2.24, 2.45) is 0 Å². The molecule has 0 unspecified atom stereocenters. The molecule has 2 fully saturated rings. The molecular formula is C29H39N5O3. The van der Waals surface area contributed by atoms with Crippen molar-refractivity contribution in [2.75, 3.05) is 31.8 Å². The van der Waals surface area contributed by atoms with Crippen LogP contribution in [0.5, 0.6) is 0 Å². The Hall–Kier alpha value is -3.00. The number of hydrogen-bond donors (Lipinski definition) is 0. The molecule has 0 radical (unpaired) electrons. The van der Waals surface area contributed by atoms with Crippen LogP contribution in [0.3, 0.4) is 0 Å². The second-order valence-electron chi connectivity index (χ2n) is 10.6.